The van der Waals surface area contributed by atoms with E-state index in [0.29, 0.717) is 32.2 Å². The number of ether oxygens (including phenoxy) is 1. The van der Waals surface area contributed by atoms with Gasteiger partial charge in [0.1, 0.15) is 11.5 Å². The molecule has 0 amide bonds. The number of rotatable bonds is 2. The van der Waals surface area contributed by atoms with Gasteiger partial charge in [0, 0.05) is 17.3 Å². The van der Waals surface area contributed by atoms with Crippen LogP contribution in [0, 0.1) is 39.9 Å². The number of ketones is 1. The number of hydrogen-bond acceptors (Lipinski definition) is 7. The zero-order valence-corrected chi connectivity index (χ0v) is 16.7. The maximum absolute atomic E-state index is 13.8. The third-order valence-corrected chi connectivity index (χ3v) is 9.55. The first-order valence-electron chi connectivity index (χ1n) is 10.8. The predicted molar refractivity (Wildman–Crippen MR) is 98.7 cm³/mol. The Morgan fingerprint density at radius 1 is 1.14 bits per heavy atom. The number of Topliss-reactive ketones (excluding diaryl/α,β-unsaturated/α-hetero) is 1. The fraction of sp³-hybridized carbons (Fsp3) is 0.952. The largest absolute Gasteiger partial charge is 0.392 e. The minimum atomic E-state index is -2.13. The van der Waals surface area contributed by atoms with Crippen molar-refractivity contribution in [1.82, 2.24) is 0 Å². The molecular formula is C21H33NO6. The van der Waals surface area contributed by atoms with Crippen LogP contribution >= 0.6 is 0 Å². The van der Waals surface area contributed by atoms with E-state index in [2.05, 4.69) is 13.8 Å². The van der Waals surface area contributed by atoms with E-state index < -0.39 is 52.7 Å². The molecule has 158 valence electrons. The van der Waals surface area contributed by atoms with Crippen LogP contribution in [0.15, 0.2) is 0 Å². The van der Waals surface area contributed by atoms with E-state index in [9.17, 15) is 25.2 Å². The zero-order valence-electron chi connectivity index (χ0n) is 16.7. The normalized spacial score (nSPS) is 59.1. The molecule has 28 heavy (non-hydrogen) atoms. The molecule has 6 rings (SSSR count). The highest BCUT2D eigenvalue weighted by Gasteiger charge is 2.87. The average Bonchev–Trinajstić information content (AvgIpc) is 2.76. The standard InChI is InChI=1S/C21H33NO6/c1-18(2)7-5-13(23)19-9-28-21(27,17(26)14(18)19)20-12(19)4-3-10(15(20)24)11(6-8-22)16(20)25/h10-15,17,23-24,26-27H,3-9,22H2,1-2H3/t10-,11-,12-,13-,14+,15+,17-,19+,20+,21+/m0/s1. The van der Waals surface area contributed by atoms with E-state index in [1.165, 1.54) is 0 Å². The molecule has 2 saturated heterocycles. The van der Waals surface area contributed by atoms with Gasteiger partial charge in [-0.1, -0.05) is 13.8 Å². The second-order valence-electron chi connectivity index (χ2n) is 10.7. The van der Waals surface area contributed by atoms with Crippen molar-refractivity contribution in [1.29, 1.82) is 0 Å². The van der Waals surface area contributed by atoms with Crippen LogP contribution in [0.3, 0.4) is 0 Å². The summed E-state index contributed by atoms with van der Waals surface area (Å²) in [6.45, 7) is 4.54. The van der Waals surface area contributed by atoms with Crippen molar-refractivity contribution in [2.45, 2.75) is 70.1 Å². The number of hydrogen-bond donors (Lipinski definition) is 5. The number of nitrogens with two attached hydrogens (primary N) is 1. The molecule has 0 aromatic carbocycles. The highest BCUT2D eigenvalue weighted by molar-refractivity contribution is 5.93. The Morgan fingerprint density at radius 3 is 2.54 bits per heavy atom. The van der Waals surface area contributed by atoms with E-state index in [4.69, 9.17) is 10.5 Å². The predicted octanol–water partition coefficient (Wildman–Crippen LogP) is -0.216. The van der Waals surface area contributed by atoms with Crippen molar-refractivity contribution < 1.29 is 30.0 Å². The van der Waals surface area contributed by atoms with Crippen LogP contribution in [0.4, 0.5) is 0 Å². The number of fused-ring (bicyclic) bond motifs is 2. The van der Waals surface area contributed by atoms with Gasteiger partial charge in [0.25, 0.3) is 0 Å². The lowest BCUT2D eigenvalue weighted by Gasteiger charge is -2.74. The third-order valence-electron chi connectivity index (χ3n) is 9.55. The van der Waals surface area contributed by atoms with Crippen molar-refractivity contribution in [2.24, 2.45) is 45.7 Å². The van der Waals surface area contributed by atoms with Crippen molar-refractivity contribution in [3.63, 3.8) is 0 Å². The maximum Gasteiger partial charge on any atom is 0.208 e. The highest BCUT2D eigenvalue weighted by atomic mass is 16.6. The molecule has 6 fully saturated rings. The van der Waals surface area contributed by atoms with Crippen LogP contribution in [-0.4, -0.2) is 63.5 Å². The van der Waals surface area contributed by atoms with Gasteiger partial charge in [-0.05, 0) is 55.9 Å². The van der Waals surface area contributed by atoms with Crippen LogP contribution in [0.1, 0.15) is 46.0 Å². The number of aliphatic hydroxyl groups excluding tert-OH is 3. The zero-order chi connectivity index (χ0) is 20.3. The summed E-state index contributed by atoms with van der Waals surface area (Å²) < 4.78 is 5.89. The topological polar surface area (TPSA) is 133 Å². The molecule has 0 aromatic rings. The molecule has 0 aromatic heterocycles. The lowest BCUT2D eigenvalue weighted by atomic mass is 9.35. The molecule has 6 aliphatic rings. The highest BCUT2D eigenvalue weighted by Crippen LogP contribution is 2.76. The lowest BCUT2D eigenvalue weighted by Crippen LogP contribution is -2.85. The average molecular weight is 395 g/mol. The fourth-order valence-corrected chi connectivity index (χ4v) is 8.62. The minimum absolute atomic E-state index is 0.106. The molecule has 4 aliphatic carbocycles. The van der Waals surface area contributed by atoms with E-state index >= 15 is 0 Å². The van der Waals surface area contributed by atoms with E-state index in [0.717, 1.165) is 6.42 Å². The number of carbonyl (C=O) groups excluding carboxylic acids is 1. The van der Waals surface area contributed by atoms with Gasteiger partial charge in [0.15, 0.2) is 5.78 Å². The molecule has 0 unspecified atom stereocenters. The molecule has 2 heterocycles. The number of carbonyl (C=O) groups is 1. The molecule has 2 aliphatic heterocycles. The summed E-state index contributed by atoms with van der Waals surface area (Å²) in [5, 5.41) is 45.8. The van der Waals surface area contributed by atoms with Crippen LogP contribution < -0.4 is 5.73 Å². The quantitative estimate of drug-likeness (QED) is 0.437. The maximum atomic E-state index is 13.8. The molecule has 2 spiro atoms. The van der Waals surface area contributed by atoms with Gasteiger partial charge in [-0.2, -0.15) is 0 Å². The molecule has 7 nitrogen and oxygen atoms in total. The molecule has 4 saturated carbocycles. The van der Waals surface area contributed by atoms with Crippen molar-refractivity contribution in [3.8, 4) is 0 Å². The van der Waals surface area contributed by atoms with Gasteiger partial charge >= 0.3 is 0 Å². The van der Waals surface area contributed by atoms with E-state index in [1.54, 1.807) is 0 Å². The Kier molecular flexibility index (Phi) is 3.85. The minimum Gasteiger partial charge on any atom is -0.392 e. The SMILES string of the molecule is CC1(C)CC[C@H](O)[C@]23CO[C@](O)([C@@H](O)[C@H]12)[C@]12C(=O)[C@@H](CCN)[C@H](CC[C@@H]31)[C@H]2O. The summed E-state index contributed by atoms with van der Waals surface area (Å²) in [5.41, 5.74) is 3.00. The van der Waals surface area contributed by atoms with E-state index in [-0.39, 0.29) is 23.7 Å². The second kappa shape index (κ2) is 5.56. The van der Waals surface area contributed by atoms with Gasteiger partial charge in [0.05, 0.1) is 18.8 Å². The first kappa shape index (κ1) is 19.4. The first-order valence-corrected chi connectivity index (χ1v) is 10.8. The molecule has 10 atom stereocenters. The van der Waals surface area contributed by atoms with Gasteiger partial charge in [-0.15, -0.1) is 0 Å². The second-order valence-corrected chi connectivity index (χ2v) is 10.7. The van der Waals surface area contributed by atoms with Crippen molar-refractivity contribution in [2.75, 3.05) is 13.2 Å². The summed E-state index contributed by atoms with van der Waals surface area (Å²) >= 11 is 0. The molecule has 4 bridgehead atoms. The first-order chi connectivity index (χ1) is 13.1. The molecule has 6 N–H and O–H groups in total. The Bertz CT molecular complexity index is 713. The lowest BCUT2D eigenvalue weighted by molar-refractivity contribution is -0.458. The summed E-state index contributed by atoms with van der Waals surface area (Å²) in [5.74, 6) is -3.89. The van der Waals surface area contributed by atoms with Crippen LogP contribution in [0.2, 0.25) is 0 Å². The Balaban J connectivity index is 1.75. The van der Waals surface area contributed by atoms with Crippen LogP contribution in [0.5, 0.6) is 0 Å². The fourth-order valence-electron chi connectivity index (χ4n) is 8.62. The van der Waals surface area contributed by atoms with Gasteiger partial charge in [0.2, 0.25) is 5.79 Å². The van der Waals surface area contributed by atoms with Gasteiger partial charge in [-0.3, -0.25) is 4.79 Å². The summed E-state index contributed by atoms with van der Waals surface area (Å²) in [6, 6.07) is 0. The van der Waals surface area contributed by atoms with Crippen molar-refractivity contribution in [3.05, 3.63) is 0 Å². The Labute approximate surface area is 165 Å². The summed E-state index contributed by atoms with van der Waals surface area (Å²) in [4.78, 5) is 13.8. The Morgan fingerprint density at radius 2 is 1.86 bits per heavy atom. The van der Waals surface area contributed by atoms with Gasteiger partial charge in [-0.25, -0.2) is 0 Å². The van der Waals surface area contributed by atoms with E-state index in [1.807, 2.05) is 0 Å². The number of aliphatic hydroxyl groups is 4. The monoisotopic (exact) mass is 395 g/mol. The smallest absolute Gasteiger partial charge is 0.208 e. The third kappa shape index (κ3) is 1.74. The summed E-state index contributed by atoms with van der Waals surface area (Å²) in [6.07, 6.45) is -0.133. The van der Waals surface area contributed by atoms with Crippen LogP contribution in [0.25, 0.3) is 0 Å². The molecule has 7 heteroatoms. The van der Waals surface area contributed by atoms with Crippen molar-refractivity contribution >= 4 is 5.78 Å². The van der Waals surface area contributed by atoms with Crippen LogP contribution in [-0.2, 0) is 9.53 Å². The molecule has 0 radical (unpaired) electrons. The van der Waals surface area contributed by atoms with Gasteiger partial charge < -0.3 is 30.9 Å². The Hall–Kier alpha value is -0.570. The molecular weight excluding hydrogens is 362 g/mol. The summed E-state index contributed by atoms with van der Waals surface area (Å²) in [7, 11) is 0.